The van der Waals surface area contributed by atoms with Crippen molar-refractivity contribution in [3.05, 3.63) is 77.7 Å². The quantitative estimate of drug-likeness (QED) is 0.658. The topological polar surface area (TPSA) is 61.4 Å². The number of carbonyl (C=O) groups is 1. The molecule has 6 heteroatoms. The van der Waals surface area contributed by atoms with Crippen molar-refractivity contribution in [2.75, 3.05) is 36.9 Å². The van der Waals surface area contributed by atoms with Gasteiger partial charge >= 0.3 is 0 Å². The zero-order valence-electron chi connectivity index (χ0n) is 18.5. The summed E-state index contributed by atoms with van der Waals surface area (Å²) in [6.45, 7) is 2.61. The van der Waals surface area contributed by atoms with E-state index in [2.05, 4.69) is 40.4 Å². The molecule has 1 N–H and O–H groups in total. The number of rotatable bonds is 4. The third kappa shape index (κ3) is 4.31. The van der Waals surface area contributed by atoms with Crippen LogP contribution in [-0.2, 0) is 6.42 Å². The van der Waals surface area contributed by atoms with Crippen LogP contribution in [-0.4, -0.2) is 47.5 Å². The number of amides is 1. The molecule has 5 rings (SSSR count). The Balaban J connectivity index is 1.26. The SMILES string of the molecule is CN1CCCc2cc(C(=O)N3CCCC(c4ccc(Nc5ccccn5)cn4)C3)ccc21. The standard InChI is InChI=1S/C26H29N5O/c1-30-14-4-6-19-16-20(9-12-24(19)30)26(32)31-15-5-7-21(18-31)23-11-10-22(17-28-23)29-25-8-2-3-13-27-25/h2-3,8-13,16-17,21H,4-7,14-15,18H2,1H3,(H,27,29). The summed E-state index contributed by atoms with van der Waals surface area (Å²) in [5.41, 5.74) is 5.31. The summed E-state index contributed by atoms with van der Waals surface area (Å²) in [6, 6.07) is 16.1. The van der Waals surface area contributed by atoms with Gasteiger partial charge in [0, 0.05) is 55.7 Å². The number of nitrogens with one attached hydrogen (secondary N) is 1. The molecule has 2 aromatic heterocycles. The van der Waals surface area contributed by atoms with Gasteiger partial charge in [0.1, 0.15) is 5.82 Å². The Morgan fingerprint density at radius 3 is 2.81 bits per heavy atom. The normalized spacial score (nSPS) is 18.2. The van der Waals surface area contributed by atoms with Crippen LogP contribution in [0.3, 0.4) is 0 Å². The van der Waals surface area contributed by atoms with Crippen LogP contribution in [0.4, 0.5) is 17.2 Å². The summed E-state index contributed by atoms with van der Waals surface area (Å²) < 4.78 is 0. The van der Waals surface area contributed by atoms with Gasteiger partial charge in [0.05, 0.1) is 11.9 Å². The molecule has 4 heterocycles. The van der Waals surface area contributed by atoms with Gasteiger partial charge in [0.25, 0.3) is 5.91 Å². The Labute approximate surface area is 189 Å². The lowest BCUT2D eigenvalue weighted by Crippen LogP contribution is -2.39. The monoisotopic (exact) mass is 427 g/mol. The average Bonchev–Trinajstić information content (AvgIpc) is 2.85. The van der Waals surface area contributed by atoms with Crippen LogP contribution < -0.4 is 10.2 Å². The minimum atomic E-state index is 0.138. The number of fused-ring (bicyclic) bond motifs is 1. The number of likely N-dealkylation sites (tertiary alicyclic amines) is 1. The molecule has 0 radical (unpaired) electrons. The lowest BCUT2D eigenvalue weighted by atomic mass is 9.93. The first-order valence-corrected chi connectivity index (χ1v) is 11.4. The van der Waals surface area contributed by atoms with Crippen molar-refractivity contribution in [2.45, 2.75) is 31.6 Å². The van der Waals surface area contributed by atoms with E-state index >= 15 is 0 Å². The minimum absolute atomic E-state index is 0.138. The third-order valence-electron chi connectivity index (χ3n) is 6.53. The largest absolute Gasteiger partial charge is 0.374 e. The fourth-order valence-electron chi connectivity index (χ4n) is 4.81. The van der Waals surface area contributed by atoms with Crippen molar-refractivity contribution in [3.63, 3.8) is 0 Å². The van der Waals surface area contributed by atoms with E-state index in [1.165, 1.54) is 11.3 Å². The molecule has 2 aliphatic heterocycles. The second-order valence-electron chi connectivity index (χ2n) is 8.77. The molecule has 32 heavy (non-hydrogen) atoms. The maximum Gasteiger partial charge on any atom is 0.253 e. The zero-order valence-corrected chi connectivity index (χ0v) is 18.5. The molecule has 0 spiro atoms. The van der Waals surface area contributed by atoms with Crippen LogP contribution in [0, 0.1) is 0 Å². The van der Waals surface area contributed by atoms with E-state index in [-0.39, 0.29) is 11.8 Å². The molecule has 0 aliphatic carbocycles. The van der Waals surface area contributed by atoms with Crippen LogP contribution in [0.25, 0.3) is 0 Å². The minimum Gasteiger partial charge on any atom is -0.374 e. The fraction of sp³-hybridized carbons (Fsp3) is 0.346. The average molecular weight is 428 g/mol. The number of piperidine rings is 1. The highest BCUT2D eigenvalue weighted by Crippen LogP contribution is 2.30. The fourth-order valence-corrected chi connectivity index (χ4v) is 4.81. The first-order chi connectivity index (χ1) is 15.7. The van der Waals surface area contributed by atoms with Gasteiger partial charge in [-0.3, -0.25) is 9.78 Å². The van der Waals surface area contributed by atoms with E-state index in [9.17, 15) is 4.79 Å². The van der Waals surface area contributed by atoms with Crippen molar-refractivity contribution in [1.82, 2.24) is 14.9 Å². The van der Waals surface area contributed by atoms with Gasteiger partial charge in [-0.15, -0.1) is 0 Å². The molecule has 1 amide bonds. The van der Waals surface area contributed by atoms with Gasteiger partial charge in [0.2, 0.25) is 0 Å². The summed E-state index contributed by atoms with van der Waals surface area (Å²) in [6.07, 6.45) is 7.86. The Morgan fingerprint density at radius 2 is 2.00 bits per heavy atom. The molecule has 1 saturated heterocycles. The predicted octanol–water partition coefficient (Wildman–Crippen LogP) is 4.62. The van der Waals surface area contributed by atoms with E-state index in [4.69, 9.17) is 4.98 Å². The summed E-state index contributed by atoms with van der Waals surface area (Å²) in [5, 5.41) is 3.27. The molecule has 1 fully saturated rings. The second kappa shape index (κ2) is 8.99. The zero-order chi connectivity index (χ0) is 21.9. The molecule has 1 atom stereocenters. The number of pyridine rings is 2. The molecule has 2 aliphatic rings. The van der Waals surface area contributed by atoms with E-state index in [1.54, 1.807) is 6.20 Å². The maximum atomic E-state index is 13.3. The highest BCUT2D eigenvalue weighted by molar-refractivity contribution is 5.95. The number of anilines is 3. The van der Waals surface area contributed by atoms with Crippen LogP contribution in [0.2, 0.25) is 0 Å². The number of aromatic nitrogens is 2. The highest BCUT2D eigenvalue weighted by Gasteiger charge is 2.27. The molecule has 3 aromatic rings. The number of aryl methyl sites for hydroxylation is 1. The number of nitrogens with zero attached hydrogens (tertiary/aromatic N) is 4. The van der Waals surface area contributed by atoms with Gasteiger partial charge in [-0.1, -0.05) is 6.07 Å². The van der Waals surface area contributed by atoms with Gasteiger partial charge in [-0.2, -0.15) is 0 Å². The molecule has 164 valence electrons. The summed E-state index contributed by atoms with van der Waals surface area (Å²) >= 11 is 0. The van der Waals surface area contributed by atoms with Gasteiger partial charge in [0.15, 0.2) is 0 Å². The number of hydrogen-bond acceptors (Lipinski definition) is 5. The number of benzene rings is 1. The van der Waals surface area contributed by atoms with E-state index < -0.39 is 0 Å². The number of hydrogen-bond donors (Lipinski definition) is 1. The first kappa shape index (κ1) is 20.5. The maximum absolute atomic E-state index is 13.3. The lowest BCUT2D eigenvalue weighted by Gasteiger charge is -2.33. The summed E-state index contributed by atoms with van der Waals surface area (Å²) in [4.78, 5) is 26.5. The predicted molar refractivity (Wildman–Crippen MR) is 128 cm³/mol. The summed E-state index contributed by atoms with van der Waals surface area (Å²) in [5.74, 6) is 1.20. The molecule has 6 nitrogen and oxygen atoms in total. The van der Waals surface area contributed by atoms with Crippen LogP contribution in [0.1, 0.15) is 46.8 Å². The van der Waals surface area contributed by atoms with Gasteiger partial charge in [-0.25, -0.2) is 4.98 Å². The Bertz CT molecular complexity index is 1080. The van der Waals surface area contributed by atoms with Crippen LogP contribution >= 0.6 is 0 Å². The van der Waals surface area contributed by atoms with E-state index in [0.29, 0.717) is 0 Å². The lowest BCUT2D eigenvalue weighted by molar-refractivity contribution is 0.0706. The van der Waals surface area contributed by atoms with Gasteiger partial charge in [-0.05, 0) is 73.7 Å². The van der Waals surface area contributed by atoms with Crippen molar-refractivity contribution in [2.24, 2.45) is 0 Å². The molecular formula is C26H29N5O. The Hall–Kier alpha value is -3.41. The highest BCUT2D eigenvalue weighted by atomic mass is 16.2. The molecule has 0 saturated carbocycles. The molecule has 1 unspecified atom stereocenters. The van der Waals surface area contributed by atoms with Crippen LogP contribution in [0.15, 0.2) is 60.9 Å². The van der Waals surface area contributed by atoms with Crippen molar-refractivity contribution < 1.29 is 4.79 Å². The Kier molecular flexibility index (Phi) is 5.75. The second-order valence-corrected chi connectivity index (χ2v) is 8.77. The Morgan fingerprint density at radius 1 is 1.06 bits per heavy atom. The van der Waals surface area contributed by atoms with E-state index in [0.717, 1.165) is 68.1 Å². The smallest absolute Gasteiger partial charge is 0.253 e. The van der Waals surface area contributed by atoms with E-state index in [1.807, 2.05) is 41.4 Å². The van der Waals surface area contributed by atoms with Crippen LogP contribution in [0.5, 0.6) is 0 Å². The molecule has 1 aromatic carbocycles. The molecular weight excluding hydrogens is 398 g/mol. The van der Waals surface area contributed by atoms with Crippen molar-refractivity contribution in [1.29, 1.82) is 0 Å². The summed E-state index contributed by atoms with van der Waals surface area (Å²) in [7, 11) is 2.12. The first-order valence-electron chi connectivity index (χ1n) is 11.4. The molecule has 0 bridgehead atoms. The van der Waals surface area contributed by atoms with Gasteiger partial charge < -0.3 is 15.1 Å². The number of carbonyl (C=O) groups excluding carboxylic acids is 1. The third-order valence-corrected chi connectivity index (χ3v) is 6.53. The van der Waals surface area contributed by atoms with Crippen molar-refractivity contribution in [3.8, 4) is 0 Å². The van der Waals surface area contributed by atoms with Crippen molar-refractivity contribution >= 4 is 23.1 Å².